The third-order valence-electron chi connectivity index (χ3n) is 5.24. The summed E-state index contributed by atoms with van der Waals surface area (Å²) in [5, 5.41) is 15.4. The van der Waals surface area contributed by atoms with E-state index in [2.05, 4.69) is 17.4 Å². The van der Waals surface area contributed by atoms with Crippen molar-refractivity contribution in [2.24, 2.45) is 34.6 Å². The van der Waals surface area contributed by atoms with Crippen LogP contribution in [0.15, 0.2) is 5.16 Å². The summed E-state index contributed by atoms with van der Waals surface area (Å²) in [5.41, 5.74) is 5.59. The minimum Gasteiger partial charge on any atom is -0.409 e. The van der Waals surface area contributed by atoms with E-state index >= 15 is 0 Å². The fourth-order valence-corrected chi connectivity index (χ4v) is 4.43. The minimum atomic E-state index is 0.345. The van der Waals surface area contributed by atoms with Crippen LogP contribution in [0, 0.1) is 23.7 Å². The molecule has 0 amide bonds. The molecule has 3 aliphatic carbocycles. The first-order valence-electron chi connectivity index (χ1n) is 6.97. The Labute approximate surface area is 103 Å². The van der Waals surface area contributed by atoms with Crippen molar-refractivity contribution in [1.82, 2.24) is 5.32 Å². The molecule has 3 fully saturated rings. The van der Waals surface area contributed by atoms with Crippen LogP contribution in [-0.4, -0.2) is 23.1 Å². The third-order valence-corrected chi connectivity index (χ3v) is 5.24. The molecule has 3 aliphatic rings. The Hall–Kier alpha value is -0.770. The largest absolute Gasteiger partial charge is 0.409 e. The predicted molar refractivity (Wildman–Crippen MR) is 66.8 cm³/mol. The number of amidine groups is 1. The lowest BCUT2D eigenvalue weighted by atomic mass is 10.0. The van der Waals surface area contributed by atoms with Gasteiger partial charge in [0.05, 0.1) is 0 Å². The van der Waals surface area contributed by atoms with E-state index in [1.165, 1.54) is 19.3 Å². The summed E-state index contributed by atoms with van der Waals surface area (Å²) < 4.78 is 0. The Bertz CT molecular complexity index is 315. The number of fused-ring (bicyclic) bond motifs is 5. The second-order valence-corrected chi connectivity index (χ2v) is 6.08. The van der Waals surface area contributed by atoms with E-state index in [1.807, 2.05) is 0 Å². The van der Waals surface area contributed by atoms with Crippen molar-refractivity contribution < 1.29 is 5.21 Å². The van der Waals surface area contributed by atoms with Crippen molar-refractivity contribution in [1.29, 1.82) is 0 Å². The van der Waals surface area contributed by atoms with Crippen molar-refractivity contribution in [3.63, 3.8) is 0 Å². The van der Waals surface area contributed by atoms with Gasteiger partial charge in [-0.3, -0.25) is 0 Å². The topological polar surface area (TPSA) is 70.6 Å². The molecule has 0 aliphatic heterocycles. The van der Waals surface area contributed by atoms with Gasteiger partial charge < -0.3 is 16.3 Å². The highest BCUT2D eigenvalue weighted by Crippen LogP contribution is 2.65. The maximum atomic E-state index is 8.62. The lowest BCUT2D eigenvalue weighted by molar-refractivity contribution is 0.314. The summed E-state index contributed by atoms with van der Waals surface area (Å²) in [7, 11) is 0. The Kier molecular flexibility index (Phi) is 2.77. The van der Waals surface area contributed by atoms with Crippen molar-refractivity contribution in [2.45, 2.75) is 51.1 Å². The van der Waals surface area contributed by atoms with Gasteiger partial charge in [0, 0.05) is 18.5 Å². The summed E-state index contributed by atoms with van der Waals surface area (Å²) in [6, 6.07) is 1.11. The molecule has 0 aromatic heterocycles. The van der Waals surface area contributed by atoms with Crippen LogP contribution in [0.25, 0.3) is 0 Å². The van der Waals surface area contributed by atoms with E-state index in [-0.39, 0.29) is 0 Å². The van der Waals surface area contributed by atoms with Crippen LogP contribution in [0.4, 0.5) is 0 Å². The van der Waals surface area contributed by atoms with E-state index < -0.39 is 0 Å². The molecule has 96 valence electrons. The zero-order valence-corrected chi connectivity index (χ0v) is 10.5. The molecule has 0 radical (unpaired) electrons. The van der Waals surface area contributed by atoms with Gasteiger partial charge in [-0.15, -0.1) is 0 Å². The first-order chi connectivity index (χ1) is 8.24. The normalized spacial score (nSPS) is 44.8. The lowest BCUT2D eigenvalue weighted by Gasteiger charge is -2.18. The van der Waals surface area contributed by atoms with Gasteiger partial charge in [-0.05, 0) is 49.4 Å². The molecule has 3 saturated carbocycles. The molecular formula is C13H23N3O. The van der Waals surface area contributed by atoms with Crippen molar-refractivity contribution >= 4 is 5.84 Å². The smallest absolute Gasteiger partial charge is 0.140 e. The number of oxime groups is 1. The average Bonchev–Trinajstić information content (AvgIpc) is 2.75. The highest BCUT2D eigenvalue weighted by Gasteiger charge is 2.64. The SMILES string of the molecule is CCC(CC(N)=NO)NC1C2C3CCC(C3)C12. The van der Waals surface area contributed by atoms with Crippen LogP contribution >= 0.6 is 0 Å². The van der Waals surface area contributed by atoms with E-state index in [1.54, 1.807) is 0 Å². The van der Waals surface area contributed by atoms with Gasteiger partial charge in [0.25, 0.3) is 0 Å². The van der Waals surface area contributed by atoms with Crippen LogP contribution in [0.1, 0.15) is 39.0 Å². The zero-order chi connectivity index (χ0) is 12.0. The van der Waals surface area contributed by atoms with Gasteiger partial charge >= 0.3 is 0 Å². The van der Waals surface area contributed by atoms with E-state index in [9.17, 15) is 0 Å². The standard InChI is InChI=1S/C13H23N3O/c1-2-9(6-10(14)16-17)15-13-11-7-3-4-8(5-7)12(11)13/h7-9,11-13,15,17H,2-6H2,1H3,(H2,14,16). The van der Waals surface area contributed by atoms with Crippen LogP contribution in [0.2, 0.25) is 0 Å². The summed E-state index contributed by atoms with van der Waals surface area (Å²) in [6.07, 6.45) is 6.12. The highest BCUT2D eigenvalue weighted by atomic mass is 16.4. The molecule has 0 aromatic carbocycles. The Balaban J connectivity index is 1.54. The molecule has 3 rings (SSSR count). The van der Waals surface area contributed by atoms with Crippen molar-refractivity contribution in [2.75, 3.05) is 0 Å². The zero-order valence-electron chi connectivity index (χ0n) is 10.5. The molecule has 0 spiro atoms. The van der Waals surface area contributed by atoms with Gasteiger partial charge in [0.1, 0.15) is 5.84 Å². The van der Waals surface area contributed by atoms with Crippen LogP contribution in [-0.2, 0) is 0 Å². The van der Waals surface area contributed by atoms with Gasteiger partial charge in [0.15, 0.2) is 0 Å². The van der Waals surface area contributed by atoms with Gasteiger partial charge in [-0.2, -0.15) is 0 Å². The van der Waals surface area contributed by atoms with E-state index in [4.69, 9.17) is 10.9 Å². The fraction of sp³-hybridized carbons (Fsp3) is 0.923. The summed E-state index contributed by atoms with van der Waals surface area (Å²) in [4.78, 5) is 0. The second-order valence-electron chi connectivity index (χ2n) is 6.08. The van der Waals surface area contributed by atoms with Crippen LogP contribution in [0.5, 0.6) is 0 Å². The maximum Gasteiger partial charge on any atom is 0.140 e. The maximum absolute atomic E-state index is 8.62. The quantitative estimate of drug-likeness (QED) is 0.294. The third kappa shape index (κ3) is 1.82. The summed E-state index contributed by atoms with van der Waals surface area (Å²) in [5.74, 6) is 4.26. The minimum absolute atomic E-state index is 0.345. The number of nitrogens with two attached hydrogens (primary N) is 1. The number of hydrogen-bond donors (Lipinski definition) is 3. The molecular weight excluding hydrogens is 214 g/mol. The number of rotatable bonds is 5. The first-order valence-corrected chi connectivity index (χ1v) is 6.97. The molecule has 17 heavy (non-hydrogen) atoms. The highest BCUT2D eigenvalue weighted by molar-refractivity contribution is 5.80. The summed E-state index contributed by atoms with van der Waals surface area (Å²) in [6.45, 7) is 2.16. The van der Waals surface area contributed by atoms with E-state index in [0.717, 1.165) is 36.1 Å². The van der Waals surface area contributed by atoms with Gasteiger partial charge in [0.2, 0.25) is 0 Å². The van der Waals surface area contributed by atoms with Gasteiger partial charge in [-0.25, -0.2) is 0 Å². The lowest BCUT2D eigenvalue weighted by Crippen LogP contribution is -2.37. The van der Waals surface area contributed by atoms with Gasteiger partial charge in [-0.1, -0.05) is 12.1 Å². The molecule has 0 aromatic rings. The molecule has 5 unspecified atom stereocenters. The number of nitrogens with one attached hydrogen (secondary N) is 1. The molecule has 5 atom stereocenters. The molecule has 0 heterocycles. The summed E-state index contributed by atoms with van der Waals surface area (Å²) >= 11 is 0. The van der Waals surface area contributed by atoms with Crippen LogP contribution < -0.4 is 11.1 Å². The van der Waals surface area contributed by atoms with Crippen molar-refractivity contribution in [3.8, 4) is 0 Å². The predicted octanol–water partition coefficient (Wildman–Crippen LogP) is 1.54. The molecule has 4 nitrogen and oxygen atoms in total. The molecule has 4 heteroatoms. The van der Waals surface area contributed by atoms with Crippen LogP contribution in [0.3, 0.4) is 0 Å². The molecule has 4 N–H and O–H groups in total. The fourth-order valence-electron chi connectivity index (χ4n) is 4.43. The molecule has 2 bridgehead atoms. The number of hydrogen-bond acceptors (Lipinski definition) is 3. The van der Waals surface area contributed by atoms with Crippen molar-refractivity contribution in [3.05, 3.63) is 0 Å². The monoisotopic (exact) mass is 237 g/mol. The first kappa shape index (κ1) is 11.3. The average molecular weight is 237 g/mol. The molecule has 0 saturated heterocycles. The second kappa shape index (κ2) is 4.16. The number of nitrogens with zero attached hydrogens (tertiary/aromatic N) is 1. The Morgan fingerprint density at radius 3 is 2.59 bits per heavy atom. The Morgan fingerprint density at radius 1 is 1.41 bits per heavy atom. The Morgan fingerprint density at radius 2 is 2.06 bits per heavy atom. The van der Waals surface area contributed by atoms with E-state index in [0.29, 0.717) is 18.3 Å².